The van der Waals surface area contributed by atoms with Gasteiger partial charge in [-0.1, -0.05) is 24.3 Å². The summed E-state index contributed by atoms with van der Waals surface area (Å²) in [5.74, 6) is -0.230. The van der Waals surface area contributed by atoms with E-state index in [0.717, 1.165) is 12.1 Å². The number of hydrogen-bond donors (Lipinski definition) is 3. The predicted octanol–water partition coefficient (Wildman–Crippen LogP) is 5.18. The summed E-state index contributed by atoms with van der Waals surface area (Å²) in [6.45, 7) is 6.31. The van der Waals surface area contributed by atoms with Crippen molar-refractivity contribution in [3.63, 3.8) is 0 Å². The molecule has 0 aromatic heterocycles. The van der Waals surface area contributed by atoms with Crippen LogP contribution in [-0.2, 0) is 6.18 Å². The topological polar surface area (TPSA) is 60.7 Å². The first-order valence-corrected chi connectivity index (χ1v) is 7.97. The Morgan fingerprint density at radius 1 is 0.885 bits per heavy atom. The maximum Gasteiger partial charge on any atom is 0.416 e. The van der Waals surface area contributed by atoms with Gasteiger partial charge in [-0.2, -0.15) is 13.2 Å². The van der Waals surface area contributed by atoms with Crippen LogP contribution in [0.15, 0.2) is 30.3 Å². The van der Waals surface area contributed by atoms with Crippen LogP contribution in [0.3, 0.4) is 0 Å². The number of aromatic hydroxyl groups is 2. The summed E-state index contributed by atoms with van der Waals surface area (Å²) in [4.78, 5) is 0. The molecular weight excluding hydrogens is 345 g/mol. The van der Waals surface area contributed by atoms with E-state index in [2.05, 4.69) is 0 Å². The van der Waals surface area contributed by atoms with Crippen molar-refractivity contribution in [2.75, 3.05) is 0 Å². The lowest BCUT2D eigenvalue weighted by Crippen LogP contribution is -2.13. The lowest BCUT2D eigenvalue weighted by Gasteiger charge is -2.18. The summed E-state index contributed by atoms with van der Waals surface area (Å²) in [5.41, 5.74) is -0.259. The zero-order chi connectivity index (χ0) is 19.9. The van der Waals surface area contributed by atoms with Crippen molar-refractivity contribution in [2.45, 2.75) is 39.5 Å². The highest BCUT2D eigenvalue weighted by Crippen LogP contribution is 2.44. The largest absolute Gasteiger partial charge is 0.507 e. The highest BCUT2D eigenvalue weighted by atomic mass is 19.4. The molecule has 0 fully saturated rings. The SMILES string of the molecule is Cc1c(O)c(C)c(-c2ccc(C(F)(F)F)cc2)c(O)c1C=CC(C)(C)O. The standard InChI is InChI=1S/C20H21F3O3/c1-11-15(9-10-19(3,4)26)18(25)16(12(2)17(11)24)13-5-7-14(8-6-13)20(21,22)23/h5-10,24-26H,1-4H3. The van der Waals surface area contributed by atoms with Gasteiger partial charge < -0.3 is 15.3 Å². The third kappa shape index (κ3) is 4.02. The second kappa shape index (κ2) is 6.68. The van der Waals surface area contributed by atoms with Crippen LogP contribution in [0.4, 0.5) is 13.2 Å². The first kappa shape index (κ1) is 19.8. The molecule has 0 saturated carbocycles. The molecule has 2 rings (SSSR count). The molecule has 140 valence electrons. The number of aliphatic hydroxyl groups is 1. The van der Waals surface area contributed by atoms with Gasteiger partial charge in [0.1, 0.15) is 11.5 Å². The fourth-order valence-corrected chi connectivity index (χ4v) is 2.69. The maximum atomic E-state index is 12.8. The van der Waals surface area contributed by atoms with Gasteiger partial charge in [-0.05, 0) is 45.4 Å². The van der Waals surface area contributed by atoms with Gasteiger partial charge in [0.25, 0.3) is 0 Å². The lowest BCUT2D eigenvalue weighted by molar-refractivity contribution is -0.137. The molecule has 0 aliphatic heterocycles. The quantitative estimate of drug-likeness (QED) is 0.656. The van der Waals surface area contributed by atoms with Crippen LogP contribution in [-0.4, -0.2) is 20.9 Å². The molecule has 0 aliphatic carbocycles. The fourth-order valence-electron chi connectivity index (χ4n) is 2.69. The van der Waals surface area contributed by atoms with Crippen molar-refractivity contribution in [1.82, 2.24) is 0 Å². The molecule has 3 N–H and O–H groups in total. The summed E-state index contributed by atoms with van der Waals surface area (Å²) < 4.78 is 38.3. The van der Waals surface area contributed by atoms with E-state index in [9.17, 15) is 28.5 Å². The number of alkyl halides is 3. The predicted molar refractivity (Wildman–Crippen MR) is 95.0 cm³/mol. The smallest absolute Gasteiger partial charge is 0.416 e. The minimum absolute atomic E-state index is 0.0620. The molecule has 3 nitrogen and oxygen atoms in total. The summed E-state index contributed by atoms with van der Waals surface area (Å²) in [7, 11) is 0. The Kier molecular flexibility index (Phi) is 5.10. The van der Waals surface area contributed by atoms with Crippen molar-refractivity contribution < 1.29 is 28.5 Å². The molecule has 0 unspecified atom stereocenters. The zero-order valence-corrected chi connectivity index (χ0v) is 14.9. The molecule has 0 saturated heterocycles. The molecule has 0 radical (unpaired) electrons. The molecular formula is C20H21F3O3. The zero-order valence-electron chi connectivity index (χ0n) is 14.9. The van der Waals surface area contributed by atoms with Crippen LogP contribution in [0.2, 0.25) is 0 Å². The third-order valence-corrected chi connectivity index (χ3v) is 4.14. The van der Waals surface area contributed by atoms with Crippen LogP contribution < -0.4 is 0 Å². The lowest BCUT2D eigenvalue weighted by atomic mass is 9.91. The minimum atomic E-state index is -4.45. The Morgan fingerprint density at radius 3 is 1.88 bits per heavy atom. The van der Waals surface area contributed by atoms with E-state index in [1.54, 1.807) is 27.7 Å². The van der Waals surface area contributed by atoms with Gasteiger partial charge in [0, 0.05) is 22.3 Å². The normalized spacial score (nSPS) is 12.8. The molecule has 0 aliphatic rings. The highest BCUT2D eigenvalue weighted by molar-refractivity contribution is 5.83. The first-order valence-electron chi connectivity index (χ1n) is 7.97. The van der Waals surface area contributed by atoms with E-state index < -0.39 is 17.3 Å². The maximum absolute atomic E-state index is 12.8. The van der Waals surface area contributed by atoms with Crippen LogP contribution in [0.1, 0.15) is 36.1 Å². The number of benzene rings is 2. The third-order valence-electron chi connectivity index (χ3n) is 4.14. The van der Waals surface area contributed by atoms with E-state index in [1.165, 1.54) is 24.3 Å². The summed E-state index contributed by atoms with van der Waals surface area (Å²) in [5, 5.41) is 30.9. The number of phenols is 2. The van der Waals surface area contributed by atoms with E-state index in [1.807, 2.05) is 0 Å². The minimum Gasteiger partial charge on any atom is -0.507 e. The number of rotatable bonds is 3. The molecule has 2 aromatic carbocycles. The van der Waals surface area contributed by atoms with Crippen LogP contribution in [0, 0.1) is 13.8 Å². The van der Waals surface area contributed by atoms with E-state index >= 15 is 0 Å². The van der Waals surface area contributed by atoms with Crippen LogP contribution >= 0.6 is 0 Å². The molecule has 0 heterocycles. The van der Waals surface area contributed by atoms with Crippen molar-refractivity contribution in [3.05, 3.63) is 52.6 Å². The Morgan fingerprint density at radius 2 is 1.42 bits per heavy atom. The summed E-state index contributed by atoms with van der Waals surface area (Å²) >= 11 is 0. The molecule has 0 bridgehead atoms. The van der Waals surface area contributed by atoms with Crippen LogP contribution in [0.5, 0.6) is 11.5 Å². The molecule has 26 heavy (non-hydrogen) atoms. The Hall–Kier alpha value is -2.47. The molecule has 2 aromatic rings. The van der Waals surface area contributed by atoms with Gasteiger partial charge in [0.2, 0.25) is 0 Å². The number of hydrogen-bond acceptors (Lipinski definition) is 3. The Bertz CT molecular complexity index is 843. The van der Waals surface area contributed by atoms with E-state index in [-0.39, 0.29) is 17.1 Å². The van der Waals surface area contributed by atoms with E-state index in [4.69, 9.17) is 0 Å². The van der Waals surface area contributed by atoms with Gasteiger partial charge in [-0.3, -0.25) is 0 Å². The molecule has 6 heteroatoms. The van der Waals surface area contributed by atoms with Gasteiger partial charge in [-0.25, -0.2) is 0 Å². The van der Waals surface area contributed by atoms with Gasteiger partial charge in [-0.15, -0.1) is 0 Å². The van der Waals surface area contributed by atoms with Crippen LogP contribution in [0.25, 0.3) is 17.2 Å². The second-order valence-electron chi connectivity index (χ2n) is 6.80. The average molecular weight is 366 g/mol. The summed E-state index contributed by atoms with van der Waals surface area (Å²) in [6, 6.07) is 4.36. The highest BCUT2D eigenvalue weighted by Gasteiger charge is 2.30. The average Bonchev–Trinajstić information content (AvgIpc) is 2.51. The van der Waals surface area contributed by atoms with Crippen molar-refractivity contribution in [2.24, 2.45) is 0 Å². The number of phenolic OH excluding ortho intramolecular Hbond substituents is 2. The monoisotopic (exact) mass is 366 g/mol. The van der Waals surface area contributed by atoms with Crippen molar-refractivity contribution in [1.29, 1.82) is 0 Å². The van der Waals surface area contributed by atoms with Gasteiger partial charge in [0.05, 0.1) is 11.2 Å². The second-order valence-corrected chi connectivity index (χ2v) is 6.80. The molecule has 0 atom stereocenters. The number of halogens is 3. The fraction of sp³-hybridized carbons (Fsp3) is 0.300. The van der Waals surface area contributed by atoms with E-state index in [0.29, 0.717) is 22.3 Å². The van der Waals surface area contributed by atoms with Gasteiger partial charge >= 0.3 is 6.18 Å². The first-order chi connectivity index (χ1) is 11.8. The van der Waals surface area contributed by atoms with Gasteiger partial charge in [0.15, 0.2) is 0 Å². The van der Waals surface area contributed by atoms with Crippen molar-refractivity contribution >= 4 is 6.08 Å². The van der Waals surface area contributed by atoms with Crippen molar-refractivity contribution in [3.8, 4) is 22.6 Å². The molecule has 0 spiro atoms. The summed E-state index contributed by atoms with van der Waals surface area (Å²) in [6.07, 6.45) is -1.51. The Balaban J connectivity index is 2.66. The Labute approximate surface area is 150 Å². The molecule has 0 amide bonds.